The average molecular weight is 329 g/mol. The molecule has 0 unspecified atom stereocenters. The highest BCUT2D eigenvalue weighted by atomic mass is 35.5. The van der Waals surface area contributed by atoms with Crippen LogP contribution in [0, 0.1) is 5.92 Å². The number of carbonyl (C=O) groups excluding carboxylic acids is 1. The van der Waals surface area contributed by atoms with Gasteiger partial charge in [0.1, 0.15) is 12.4 Å². The number of amides is 1. The van der Waals surface area contributed by atoms with Gasteiger partial charge >= 0.3 is 0 Å². The summed E-state index contributed by atoms with van der Waals surface area (Å²) < 4.78 is 5.76. The fourth-order valence-electron chi connectivity index (χ4n) is 2.07. The van der Waals surface area contributed by atoms with Crippen LogP contribution in [0.2, 0.25) is 5.02 Å². The van der Waals surface area contributed by atoms with E-state index in [-0.39, 0.29) is 11.8 Å². The Balaban J connectivity index is 1.57. The number of nitrogens with zero attached hydrogens (tertiary/aromatic N) is 1. The smallest absolute Gasteiger partial charge is 0.243 e. The third kappa shape index (κ3) is 4.57. The molecule has 4 nitrogen and oxygen atoms in total. The number of halogens is 1. The molecule has 1 saturated carbocycles. The normalized spacial score (nSPS) is 14.0. The zero-order chi connectivity index (χ0) is 16.1. The summed E-state index contributed by atoms with van der Waals surface area (Å²) in [6, 6.07) is 15.1. The molecule has 0 saturated heterocycles. The number of benzene rings is 2. The minimum absolute atomic E-state index is 0.00706. The second-order valence-corrected chi connectivity index (χ2v) is 5.87. The van der Waals surface area contributed by atoms with Gasteiger partial charge in [0.15, 0.2) is 0 Å². The average Bonchev–Trinajstić information content (AvgIpc) is 3.39. The second-order valence-electron chi connectivity index (χ2n) is 5.46. The Morgan fingerprint density at radius 2 is 2.09 bits per heavy atom. The molecule has 1 amide bonds. The Kier molecular flexibility index (Phi) is 4.93. The minimum Gasteiger partial charge on any atom is -0.489 e. The van der Waals surface area contributed by atoms with Gasteiger partial charge < -0.3 is 4.74 Å². The summed E-state index contributed by atoms with van der Waals surface area (Å²) in [5.74, 6) is 0.868. The van der Waals surface area contributed by atoms with Crippen LogP contribution in [0.4, 0.5) is 0 Å². The van der Waals surface area contributed by atoms with Crippen LogP contribution >= 0.6 is 11.6 Å². The largest absolute Gasteiger partial charge is 0.489 e. The van der Waals surface area contributed by atoms with E-state index in [2.05, 4.69) is 10.5 Å². The van der Waals surface area contributed by atoms with Crippen LogP contribution < -0.4 is 10.2 Å². The lowest BCUT2D eigenvalue weighted by molar-refractivity contribution is -0.122. The summed E-state index contributed by atoms with van der Waals surface area (Å²) >= 11 is 6.11. The lowest BCUT2D eigenvalue weighted by atomic mass is 10.2. The molecule has 1 aliphatic carbocycles. The molecule has 0 radical (unpaired) electrons. The SMILES string of the molecule is O=C(N/N=C\c1cccc(OCc2ccccc2Cl)c1)C1CC1. The molecule has 118 valence electrons. The molecule has 0 spiro atoms. The molecule has 1 aliphatic rings. The van der Waals surface area contributed by atoms with Gasteiger partial charge in [-0.05, 0) is 36.6 Å². The molecule has 3 rings (SSSR count). The molecule has 2 aromatic carbocycles. The van der Waals surface area contributed by atoms with Crippen LogP contribution in [0.1, 0.15) is 24.0 Å². The molecule has 5 heteroatoms. The highest BCUT2D eigenvalue weighted by molar-refractivity contribution is 6.31. The van der Waals surface area contributed by atoms with E-state index in [9.17, 15) is 4.79 Å². The van der Waals surface area contributed by atoms with Gasteiger partial charge in [-0.15, -0.1) is 0 Å². The first-order valence-corrected chi connectivity index (χ1v) is 7.89. The van der Waals surface area contributed by atoms with Crippen molar-refractivity contribution in [2.75, 3.05) is 0 Å². The molecule has 0 aromatic heterocycles. The molecule has 0 aliphatic heterocycles. The predicted octanol–water partition coefficient (Wildman–Crippen LogP) is 3.78. The summed E-state index contributed by atoms with van der Waals surface area (Å²) in [4.78, 5) is 11.5. The Hall–Kier alpha value is -2.33. The third-order valence-electron chi connectivity index (χ3n) is 3.55. The maximum Gasteiger partial charge on any atom is 0.243 e. The number of nitrogens with one attached hydrogen (secondary N) is 1. The van der Waals surface area contributed by atoms with Crippen molar-refractivity contribution in [1.29, 1.82) is 0 Å². The maximum absolute atomic E-state index is 11.5. The molecule has 23 heavy (non-hydrogen) atoms. The first-order valence-electron chi connectivity index (χ1n) is 7.51. The molecule has 2 aromatic rings. The summed E-state index contributed by atoms with van der Waals surface area (Å²) in [7, 11) is 0. The number of hydrogen-bond acceptors (Lipinski definition) is 3. The molecule has 0 atom stereocenters. The third-order valence-corrected chi connectivity index (χ3v) is 3.92. The topological polar surface area (TPSA) is 50.7 Å². The molecular weight excluding hydrogens is 312 g/mol. The Bertz CT molecular complexity index is 726. The van der Waals surface area contributed by atoms with E-state index >= 15 is 0 Å². The second kappa shape index (κ2) is 7.29. The quantitative estimate of drug-likeness (QED) is 0.648. The molecular formula is C18H17ClN2O2. The van der Waals surface area contributed by atoms with Gasteiger partial charge in [-0.3, -0.25) is 4.79 Å². The first kappa shape index (κ1) is 15.6. The summed E-state index contributed by atoms with van der Waals surface area (Å²) in [5, 5.41) is 4.66. The van der Waals surface area contributed by atoms with Crippen molar-refractivity contribution in [3.8, 4) is 5.75 Å². The number of hydrogen-bond donors (Lipinski definition) is 1. The van der Waals surface area contributed by atoms with Crippen LogP contribution in [-0.4, -0.2) is 12.1 Å². The number of rotatable bonds is 6. The van der Waals surface area contributed by atoms with Crippen molar-refractivity contribution in [1.82, 2.24) is 5.43 Å². The summed E-state index contributed by atoms with van der Waals surface area (Å²) in [6.07, 6.45) is 3.54. The van der Waals surface area contributed by atoms with Crippen LogP contribution in [-0.2, 0) is 11.4 Å². The van der Waals surface area contributed by atoms with Gasteiger partial charge in [0.2, 0.25) is 5.91 Å². The van der Waals surface area contributed by atoms with Crippen LogP contribution in [0.25, 0.3) is 0 Å². The first-order chi connectivity index (χ1) is 11.2. The Morgan fingerprint density at radius 1 is 1.26 bits per heavy atom. The molecule has 1 N–H and O–H groups in total. The van der Waals surface area contributed by atoms with E-state index in [1.54, 1.807) is 6.21 Å². The zero-order valence-corrected chi connectivity index (χ0v) is 13.3. The maximum atomic E-state index is 11.5. The van der Waals surface area contributed by atoms with Crippen LogP contribution in [0.15, 0.2) is 53.6 Å². The van der Waals surface area contributed by atoms with Gasteiger partial charge in [0, 0.05) is 16.5 Å². The number of ether oxygens (including phenoxy) is 1. The standard InChI is InChI=1S/C18H17ClN2O2/c19-17-7-2-1-5-15(17)12-23-16-6-3-4-13(10-16)11-20-21-18(22)14-8-9-14/h1-7,10-11,14H,8-9,12H2,(H,21,22)/b20-11-. The highest BCUT2D eigenvalue weighted by Gasteiger charge is 2.29. The van der Waals surface area contributed by atoms with E-state index in [0.29, 0.717) is 11.6 Å². The minimum atomic E-state index is -0.00706. The van der Waals surface area contributed by atoms with Crippen LogP contribution in [0.5, 0.6) is 5.75 Å². The van der Waals surface area contributed by atoms with Crippen molar-refractivity contribution in [3.05, 3.63) is 64.7 Å². The fraction of sp³-hybridized carbons (Fsp3) is 0.222. The number of hydrazone groups is 1. The van der Waals surface area contributed by atoms with Crippen molar-refractivity contribution < 1.29 is 9.53 Å². The summed E-state index contributed by atoms with van der Waals surface area (Å²) in [5.41, 5.74) is 4.34. The Morgan fingerprint density at radius 3 is 2.87 bits per heavy atom. The van der Waals surface area contributed by atoms with Gasteiger partial charge in [0.25, 0.3) is 0 Å². The van der Waals surface area contributed by atoms with Gasteiger partial charge in [-0.25, -0.2) is 5.43 Å². The van der Waals surface area contributed by atoms with Crippen molar-refractivity contribution in [2.45, 2.75) is 19.4 Å². The van der Waals surface area contributed by atoms with E-state index in [0.717, 1.165) is 29.7 Å². The van der Waals surface area contributed by atoms with Crippen LogP contribution in [0.3, 0.4) is 0 Å². The van der Waals surface area contributed by atoms with E-state index in [1.807, 2.05) is 48.5 Å². The van der Waals surface area contributed by atoms with E-state index < -0.39 is 0 Å². The monoisotopic (exact) mass is 328 g/mol. The predicted molar refractivity (Wildman–Crippen MR) is 90.7 cm³/mol. The Labute approximate surface area is 140 Å². The van der Waals surface area contributed by atoms with Crippen molar-refractivity contribution in [2.24, 2.45) is 11.0 Å². The van der Waals surface area contributed by atoms with Gasteiger partial charge in [0.05, 0.1) is 6.21 Å². The molecule has 0 heterocycles. The van der Waals surface area contributed by atoms with Gasteiger partial charge in [-0.2, -0.15) is 5.10 Å². The zero-order valence-electron chi connectivity index (χ0n) is 12.5. The highest BCUT2D eigenvalue weighted by Crippen LogP contribution is 2.28. The molecule has 0 bridgehead atoms. The number of carbonyl (C=O) groups is 1. The van der Waals surface area contributed by atoms with E-state index in [4.69, 9.17) is 16.3 Å². The van der Waals surface area contributed by atoms with E-state index in [1.165, 1.54) is 0 Å². The lowest BCUT2D eigenvalue weighted by Crippen LogP contribution is -2.18. The summed E-state index contributed by atoms with van der Waals surface area (Å²) in [6.45, 7) is 0.401. The van der Waals surface area contributed by atoms with Crippen molar-refractivity contribution in [3.63, 3.8) is 0 Å². The fourth-order valence-corrected chi connectivity index (χ4v) is 2.26. The van der Waals surface area contributed by atoms with Gasteiger partial charge in [-0.1, -0.05) is 41.9 Å². The lowest BCUT2D eigenvalue weighted by Gasteiger charge is -2.08. The molecule has 1 fully saturated rings. The van der Waals surface area contributed by atoms with Crippen molar-refractivity contribution >= 4 is 23.7 Å².